The molecule has 0 aliphatic carbocycles. The second-order valence-electron chi connectivity index (χ2n) is 5.77. The van der Waals surface area contributed by atoms with E-state index in [9.17, 15) is 9.90 Å². The van der Waals surface area contributed by atoms with Crippen LogP contribution in [-0.2, 0) is 0 Å². The van der Waals surface area contributed by atoms with Crippen LogP contribution < -0.4 is 0 Å². The normalized spacial score (nSPS) is 12.5. The number of hydrogen-bond acceptors (Lipinski definition) is 3. The first-order valence-corrected chi connectivity index (χ1v) is 9.25. The summed E-state index contributed by atoms with van der Waals surface area (Å²) in [7, 11) is 0. The summed E-state index contributed by atoms with van der Waals surface area (Å²) in [6.45, 7) is 4.43. The summed E-state index contributed by atoms with van der Waals surface area (Å²) in [4.78, 5) is 16.3. The lowest BCUT2D eigenvalue weighted by molar-refractivity contribution is 0.0689. The van der Waals surface area contributed by atoms with E-state index in [1.54, 1.807) is 5.51 Å². The summed E-state index contributed by atoms with van der Waals surface area (Å²) in [6, 6.07) is 0. The molecule has 1 aromatic rings. The summed E-state index contributed by atoms with van der Waals surface area (Å²) in [5, 5.41) is 9.26. The molecular formula is C17H29NO2S. The molecule has 0 saturated heterocycles. The number of rotatable bonds is 12. The van der Waals surface area contributed by atoms with Gasteiger partial charge in [-0.25, -0.2) is 9.78 Å². The van der Waals surface area contributed by atoms with E-state index in [1.807, 2.05) is 0 Å². The number of carboxylic acid groups (broad SMARTS) is 1. The number of nitrogens with zero attached hydrogens (tertiary/aromatic N) is 1. The van der Waals surface area contributed by atoms with Crippen molar-refractivity contribution in [3.63, 3.8) is 0 Å². The fraction of sp³-hybridized carbons (Fsp3) is 0.765. The zero-order valence-electron chi connectivity index (χ0n) is 13.4. The number of carbonyl (C=O) groups is 1. The summed E-state index contributed by atoms with van der Waals surface area (Å²) in [5.74, 6) is -0.491. The molecule has 0 fully saturated rings. The highest BCUT2D eigenvalue weighted by atomic mass is 32.1. The molecule has 4 heteroatoms. The smallest absolute Gasteiger partial charge is 0.355 e. The van der Waals surface area contributed by atoms with Crippen LogP contribution in [0.25, 0.3) is 0 Å². The van der Waals surface area contributed by atoms with Crippen LogP contribution in [0.4, 0.5) is 0 Å². The van der Waals surface area contributed by atoms with Gasteiger partial charge in [0.05, 0.1) is 5.51 Å². The van der Waals surface area contributed by atoms with Crippen molar-refractivity contribution in [1.29, 1.82) is 0 Å². The third-order valence-corrected chi connectivity index (χ3v) is 4.97. The molecule has 0 aliphatic rings. The van der Waals surface area contributed by atoms with Crippen molar-refractivity contribution in [1.82, 2.24) is 4.98 Å². The maximum Gasteiger partial charge on any atom is 0.355 e. The van der Waals surface area contributed by atoms with Gasteiger partial charge in [-0.1, -0.05) is 65.2 Å². The van der Waals surface area contributed by atoms with E-state index < -0.39 is 5.97 Å². The van der Waals surface area contributed by atoms with Gasteiger partial charge < -0.3 is 5.11 Å². The third kappa shape index (κ3) is 6.60. The van der Waals surface area contributed by atoms with Crippen molar-refractivity contribution >= 4 is 17.3 Å². The Labute approximate surface area is 132 Å². The molecule has 1 aromatic heterocycles. The topological polar surface area (TPSA) is 50.2 Å². The van der Waals surface area contributed by atoms with E-state index in [1.165, 1.54) is 62.7 Å². The Balaban J connectivity index is 2.58. The molecular weight excluding hydrogens is 282 g/mol. The first-order valence-electron chi connectivity index (χ1n) is 8.37. The summed E-state index contributed by atoms with van der Waals surface area (Å²) < 4.78 is 0. The van der Waals surface area contributed by atoms with Gasteiger partial charge >= 0.3 is 5.97 Å². The van der Waals surface area contributed by atoms with Gasteiger partial charge in [0.25, 0.3) is 0 Å². The van der Waals surface area contributed by atoms with Gasteiger partial charge in [0, 0.05) is 4.88 Å². The number of carboxylic acids is 1. The lowest BCUT2D eigenvalue weighted by Crippen LogP contribution is -2.06. The Morgan fingerprint density at radius 3 is 2.29 bits per heavy atom. The first-order chi connectivity index (χ1) is 10.2. The van der Waals surface area contributed by atoms with E-state index in [4.69, 9.17) is 0 Å². The molecule has 1 rings (SSSR count). The highest BCUT2D eigenvalue weighted by Crippen LogP contribution is 2.33. The lowest BCUT2D eigenvalue weighted by Gasteiger charge is -2.16. The van der Waals surface area contributed by atoms with Crippen LogP contribution in [0, 0.1) is 0 Å². The second kappa shape index (κ2) is 10.8. The molecule has 1 heterocycles. The minimum Gasteiger partial charge on any atom is -0.476 e. The van der Waals surface area contributed by atoms with E-state index >= 15 is 0 Å². The first kappa shape index (κ1) is 18.1. The number of aromatic nitrogens is 1. The Morgan fingerprint density at radius 1 is 1.10 bits per heavy atom. The van der Waals surface area contributed by atoms with Crippen LogP contribution in [0.15, 0.2) is 5.51 Å². The van der Waals surface area contributed by atoms with Crippen molar-refractivity contribution in [2.45, 2.75) is 84.0 Å². The van der Waals surface area contributed by atoms with Gasteiger partial charge in [-0.15, -0.1) is 11.3 Å². The quantitative estimate of drug-likeness (QED) is 0.491. The zero-order valence-corrected chi connectivity index (χ0v) is 14.3. The zero-order chi connectivity index (χ0) is 15.5. The number of unbranched alkanes of at least 4 members (excludes halogenated alkanes) is 6. The van der Waals surface area contributed by atoms with Crippen molar-refractivity contribution in [3.8, 4) is 0 Å². The predicted octanol–water partition coefficient (Wildman–Crippen LogP) is 5.87. The van der Waals surface area contributed by atoms with Crippen LogP contribution in [0.3, 0.4) is 0 Å². The van der Waals surface area contributed by atoms with Gasteiger partial charge in [0.1, 0.15) is 0 Å². The minimum absolute atomic E-state index is 0.287. The van der Waals surface area contributed by atoms with Crippen LogP contribution in [0.1, 0.15) is 99.3 Å². The summed E-state index contributed by atoms with van der Waals surface area (Å²) >= 11 is 1.52. The minimum atomic E-state index is -0.877. The number of thiazole rings is 1. The Bertz CT molecular complexity index is 403. The fourth-order valence-corrected chi connectivity index (χ4v) is 3.70. The standard InChI is InChI=1S/C17H29NO2S/c1-3-5-7-8-10-12-14(11-9-6-4-2)16-15(17(19)20)18-13-21-16/h13-14H,3-12H2,1-2H3,(H,19,20). The van der Waals surface area contributed by atoms with E-state index in [-0.39, 0.29) is 5.69 Å². The van der Waals surface area contributed by atoms with Crippen molar-refractivity contribution in [2.75, 3.05) is 0 Å². The Morgan fingerprint density at radius 2 is 1.67 bits per heavy atom. The molecule has 0 amide bonds. The molecule has 120 valence electrons. The monoisotopic (exact) mass is 311 g/mol. The van der Waals surface area contributed by atoms with E-state index in [2.05, 4.69) is 18.8 Å². The number of aromatic carboxylic acids is 1. The molecule has 1 atom stereocenters. The van der Waals surface area contributed by atoms with Crippen LogP contribution in [-0.4, -0.2) is 16.1 Å². The maximum atomic E-state index is 11.3. The summed E-state index contributed by atoms with van der Waals surface area (Å²) in [5.41, 5.74) is 1.97. The molecule has 0 radical (unpaired) electrons. The van der Waals surface area contributed by atoms with Crippen molar-refractivity contribution in [3.05, 3.63) is 16.1 Å². The summed E-state index contributed by atoms with van der Waals surface area (Å²) in [6.07, 6.45) is 12.2. The van der Waals surface area contributed by atoms with Crippen LogP contribution in [0.5, 0.6) is 0 Å². The Kier molecular flexibility index (Phi) is 9.31. The van der Waals surface area contributed by atoms with Gasteiger partial charge in [0.2, 0.25) is 0 Å². The highest BCUT2D eigenvalue weighted by Gasteiger charge is 2.21. The van der Waals surface area contributed by atoms with Gasteiger partial charge in [-0.2, -0.15) is 0 Å². The fourth-order valence-electron chi connectivity index (χ4n) is 2.75. The molecule has 0 spiro atoms. The van der Waals surface area contributed by atoms with Gasteiger partial charge in [0.15, 0.2) is 5.69 Å². The largest absolute Gasteiger partial charge is 0.476 e. The average molecular weight is 311 g/mol. The molecule has 0 bridgehead atoms. The van der Waals surface area contributed by atoms with Gasteiger partial charge in [-0.05, 0) is 18.8 Å². The Hall–Kier alpha value is -0.900. The lowest BCUT2D eigenvalue weighted by atomic mass is 9.92. The molecule has 1 N–H and O–H groups in total. The molecule has 0 saturated carbocycles. The van der Waals surface area contributed by atoms with Crippen molar-refractivity contribution in [2.24, 2.45) is 0 Å². The maximum absolute atomic E-state index is 11.3. The van der Waals surface area contributed by atoms with E-state index in [0.29, 0.717) is 5.92 Å². The highest BCUT2D eigenvalue weighted by molar-refractivity contribution is 7.10. The van der Waals surface area contributed by atoms with Crippen LogP contribution in [0.2, 0.25) is 0 Å². The van der Waals surface area contributed by atoms with Crippen molar-refractivity contribution < 1.29 is 9.90 Å². The van der Waals surface area contributed by atoms with Crippen LogP contribution >= 0.6 is 11.3 Å². The van der Waals surface area contributed by atoms with E-state index in [0.717, 1.165) is 17.7 Å². The molecule has 3 nitrogen and oxygen atoms in total. The molecule has 1 unspecified atom stereocenters. The molecule has 21 heavy (non-hydrogen) atoms. The molecule has 0 aliphatic heterocycles. The number of hydrogen-bond donors (Lipinski definition) is 1. The molecule has 0 aromatic carbocycles. The predicted molar refractivity (Wildman–Crippen MR) is 89.3 cm³/mol. The second-order valence-corrected chi connectivity index (χ2v) is 6.65. The SMILES string of the molecule is CCCCCCCC(CCCCC)c1scnc1C(=O)O. The average Bonchev–Trinajstić information content (AvgIpc) is 2.95. The third-order valence-electron chi connectivity index (χ3n) is 3.98. The van der Waals surface area contributed by atoms with Gasteiger partial charge in [-0.3, -0.25) is 0 Å².